The normalized spacial score (nSPS) is 10.2. The lowest BCUT2D eigenvalue weighted by molar-refractivity contribution is -0.121. The molecule has 0 saturated heterocycles. The lowest BCUT2D eigenvalue weighted by Gasteiger charge is -2.07. The van der Waals surface area contributed by atoms with Gasteiger partial charge in [-0.2, -0.15) is 5.10 Å². The van der Waals surface area contributed by atoms with Gasteiger partial charge in [0.2, 0.25) is 5.91 Å². The van der Waals surface area contributed by atoms with Crippen molar-refractivity contribution < 1.29 is 14.7 Å². The number of carboxylic acids is 1. The number of aromatic nitrogens is 3. The van der Waals surface area contributed by atoms with E-state index in [-0.39, 0.29) is 24.4 Å². The molecule has 2 rings (SSSR count). The van der Waals surface area contributed by atoms with Crippen LogP contribution in [0.25, 0.3) is 0 Å². The Bertz CT molecular complexity index is 595. The third-order valence-corrected chi connectivity index (χ3v) is 2.78. The fourth-order valence-corrected chi connectivity index (χ4v) is 1.75. The Labute approximate surface area is 115 Å². The molecule has 0 bridgehead atoms. The van der Waals surface area contributed by atoms with Crippen LogP contribution >= 0.6 is 0 Å². The Balaban J connectivity index is 1.85. The van der Waals surface area contributed by atoms with Gasteiger partial charge in [0.1, 0.15) is 12.2 Å². The molecule has 0 saturated carbocycles. The molecular formula is C13H14N4O3. The number of hydrogen-bond donors (Lipinski definition) is 3. The highest BCUT2D eigenvalue weighted by molar-refractivity contribution is 5.89. The SMILES string of the molecule is O=C(CCc1ncn[nH]1)NCc1ccccc1C(=O)O. The third-order valence-electron chi connectivity index (χ3n) is 2.78. The summed E-state index contributed by atoms with van der Waals surface area (Å²) < 4.78 is 0. The molecule has 7 heteroatoms. The molecule has 2 aromatic rings. The first-order valence-electron chi connectivity index (χ1n) is 6.09. The van der Waals surface area contributed by atoms with Crippen molar-refractivity contribution in [3.8, 4) is 0 Å². The summed E-state index contributed by atoms with van der Waals surface area (Å²) in [6, 6.07) is 6.58. The molecule has 0 radical (unpaired) electrons. The summed E-state index contributed by atoms with van der Waals surface area (Å²) in [6.45, 7) is 0.192. The Morgan fingerprint density at radius 3 is 2.80 bits per heavy atom. The van der Waals surface area contributed by atoms with Gasteiger partial charge in [0.05, 0.1) is 5.56 Å². The summed E-state index contributed by atoms with van der Waals surface area (Å²) in [5, 5.41) is 18.1. The number of aromatic carboxylic acids is 1. The fraction of sp³-hybridized carbons (Fsp3) is 0.231. The number of benzene rings is 1. The molecule has 0 fully saturated rings. The van der Waals surface area contributed by atoms with Crippen LogP contribution in [-0.4, -0.2) is 32.2 Å². The maximum Gasteiger partial charge on any atom is 0.336 e. The predicted molar refractivity (Wildman–Crippen MR) is 70.0 cm³/mol. The van der Waals surface area contributed by atoms with Gasteiger partial charge in [0.25, 0.3) is 0 Å². The van der Waals surface area contributed by atoms with Gasteiger partial charge >= 0.3 is 5.97 Å². The zero-order chi connectivity index (χ0) is 14.4. The van der Waals surface area contributed by atoms with E-state index in [9.17, 15) is 9.59 Å². The van der Waals surface area contributed by atoms with Gasteiger partial charge in [0, 0.05) is 19.4 Å². The number of aryl methyl sites for hydroxylation is 1. The van der Waals surface area contributed by atoms with E-state index < -0.39 is 5.97 Å². The van der Waals surface area contributed by atoms with Crippen LogP contribution in [0.1, 0.15) is 28.2 Å². The van der Waals surface area contributed by atoms with Crippen molar-refractivity contribution in [2.45, 2.75) is 19.4 Å². The van der Waals surface area contributed by atoms with E-state index >= 15 is 0 Å². The van der Waals surface area contributed by atoms with Crippen LogP contribution in [0.2, 0.25) is 0 Å². The molecule has 3 N–H and O–H groups in total. The molecule has 7 nitrogen and oxygen atoms in total. The van der Waals surface area contributed by atoms with Crippen molar-refractivity contribution in [3.05, 3.63) is 47.5 Å². The largest absolute Gasteiger partial charge is 0.478 e. The number of hydrogen-bond acceptors (Lipinski definition) is 4. The number of carboxylic acid groups (broad SMARTS) is 1. The zero-order valence-electron chi connectivity index (χ0n) is 10.7. The van der Waals surface area contributed by atoms with Crippen molar-refractivity contribution in [3.63, 3.8) is 0 Å². The van der Waals surface area contributed by atoms with Crippen molar-refractivity contribution in [2.24, 2.45) is 0 Å². The van der Waals surface area contributed by atoms with Crippen LogP contribution < -0.4 is 5.32 Å². The smallest absolute Gasteiger partial charge is 0.336 e. The lowest BCUT2D eigenvalue weighted by atomic mass is 10.1. The van der Waals surface area contributed by atoms with Gasteiger partial charge < -0.3 is 10.4 Å². The molecule has 0 aliphatic carbocycles. The maximum atomic E-state index is 11.7. The van der Waals surface area contributed by atoms with Gasteiger partial charge in [-0.1, -0.05) is 18.2 Å². The van der Waals surface area contributed by atoms with Gasteiger partial charge in [0.15, 0.2) is 0 Å². The van der Waals surface area contributed by atoms with E-state index in [4.69, 9.17) is 5.11 Å². The number of rotatable bonds is 6. The van der Waals surface area contributed by atoms with Crippen LogP contribution in [0.15, 0.2) is 30.6 Å². The molecule has 104 valence electrons. The van der Waals surface area contributed by atoms with Gasteiger partial charge in [-0.05, 0) is 11.6 Å². The molecular weight excluding hydrogens is 260 g/mol. The van der Waals surface area contributed by atoms with Crippen molar-refractivity contribution >= 4 is 11.9 Å². The molecule has 0 spiro atoms. The highest BCUT2D eigenvalue weighted by Crippen LogP contribution is 2.08. The Morgan fingerprint density at radius 1 is 1.30 bits per heavy atom. The number of amides is 1. The first-order valence-corrected chi connectivity index (χ1v) is 6.09. The fourth-order valence-electron chi connectivity index (χ4n) is 1.75. The van der Waals surface area contributed by atoms with Gasteiger partial charge in [-0.3, -0.25) is 9.89 Å². The summed E-state index contributed by atoms with van der Waals surface area (Å²) in [6.07, 6.45) is 2.12. The predicted octanol–water partition coefficient (Wildman–Crippen LogP) is 0.752. The van der Waals surface area contributed by atoms with Crippen LogP contribution in [0.5, 0.6) is 0 Å². The molecule has 0 aliphatic rings. The minimum absolute atomic E-state index is 0.165. The first kappa shape index (κ1) is 13.7. The number of carbonyl (C=O) groups excluding carboxylic acids is 1. The summed E-state index contributed by atoms with van der Waals surface area (Å²) >= 11 is 0. The molecule has 20 heavy (non-hydrogen) atoms. The maximum absolute atomic E-state index is 11.7. The zero-order valence-corrected chi connectivity index (χ0v) is 10.7. The summed E-state index contributed by atoms with van der Waals surface area (Å²) in [4.78, 5) is 26.6. The van der Waals surface area contributed by atoms with Crippen molar-refractivity contribution in [1.29, 1.82) is 0 Å². The second-order valence-electron chi connectivity index (χ2n) is 4.17. The molecule has 0 unspecified atom stereocenters. The van der Waals surface area contributed by atoms with E-state index in [1.165, 1.54) is 12.4 Å². The molecule has 0 atom stereocenters. The second kappa shape index (κ2) is 6.46. The van der Waals surface area contributed by atoms with Crippen LogP contribution in [0, 0.1) is 0 Å². The van der Waals surface area contributed by atoms with Gasteiger partial charge in [-0.25, -0.2) is 9.78 Å². The lowest BCUT2D eigenvalue weighted by Crippen LogP contribution is -2.24. The minimum atomic E-state index is -1.00. The van der Waals surface area contributed by atoms with E-state index in [1.54, 1.807) is 18.2 Å². The Kier molecular flexibility index (Phi) is 4.43. The van der Waals surface area contributed by atoms with Crippen LogP contribution in [0.3, 0.4) is 0 Å². The molecule has 0 aliphatic heterocycles. The molecule has 1 amide bonds. The number of nitrogens with zero attached hydrogens (tertiary/aromatic N) is 2. The van der Waals surface area contributed by atoms with E-state index in [2.05, 4.69) is 20.5 Å². The highest BCUT2D eigenvalue weighted by Gasteiger charge is 2.10. The average molecular weight is 274 g/mol. The van der Waals surface area contributed by atoms with E-state index in [0.717, 1.165) is 0 Å². The monoisotopic (exact) mass is 274 g/mol. The summed E-state index contributed by atoms with van der Waals surface area (Å²) in [5.74, 6) is -0.524. The summed E-state index contributed by atoms with van der Waals surface area (Å²) in [5.41, 5.74) is 0.774. The highest BCUT2D eigenvalue weighted by atomic mass is 16.4. The van der Waals surface area contributed by atoms with Crippen molar-refractivity contribution in [1.82, 2.24) is 20.5 Å². The Hall–Kier alpha value is -2.70. The van der Waals surface area contributed by atoms with E-state index in [1.807, 2.05) is 0 Å². The average Bonchev–Trinajstić information content (AvgIpc) is 2.96. The number of carbonyl (C=O) groups is 2. The van der Waals surface area contributed by atoms with Crippen molar-refractivity contribution in [2.75, 3.05) is 0 Å². The Morgan fingerprint density at radius 2 is 2.10 bits per heavy atom. The molecule has 1 heterocycles. The molecule has 1 aromatic carbocycles. The quantitative estimate of drug-likeness (QED) is 0.720. The molecule has 1 aromatic heterocycles. The van der Waals surface area contributed by atoms with Crippen LogP contribution in [0.4, 0.5) is 0 Å². The number of nitrogens with one attached hydrogen (secondary N) is 2. The minimum Gasteiger partial charge on any atom is -0.478 e. The topological polar surface area (TPSA) is 108 Å². The first-order chi connectivity index (χ1) is 9.66. The summed E-state index contributed by atoms with van der Waals surface area (Å²) in [7, 11) is 0. The van der Waals surface area contributed by atoms with Crippen LogP contribution in [-0.2, 0) is 17.8 Å². The number of aromatic amines is 1. The van der Waals surface area contributed by atoms with Gasteiger partial charge in [-0.15, -0.1) is 0 Å². The third kappa shape index (κ3) is 3.64. The number of H-pyrrole nitrogens is 1. The standard InChI is InChI=1S/C13H14N4O3/c18-12(6-5-11-15-8-16-17-11)14-7-9-3-1-2-4-10(9)13(19)20/h1-4,8H,5-7H2,(H,14,18)(H,19,20)(H,15,16,17). The second-order valence-corrected chi connectivity index (χ2v) is 4.17. The van der Waals surface area contributed by atoms with E-state index in [0.29, 0.717) is 17.8 Å².